The molecule has 0 fully saturated rings. The van der Waals surface area contributed by atoms with Crippen LogP contribution in [0.15, 0.2) is 42.5 Å². The number of nitrogens with one attached hydrogen (secondary N) is 1. The van der Waals surface area contributed by atoms with Gasteiger partial charge in [-0.05, 0) is 54.0 Å². The Morgan fingerprint density at radius 1 is 0.917 bits per heavy atom. The van der Waals surface area contributed by atoms with Crippen LogP contribution >= 0.6 is 0 Å². The highest BCUT2D eigenvalue weighted by Gasteiger charge is 2.14. The van der Waals surface area contributed by atoms with E-state index in [0.717, 1.165) is 36.8 Å². The maximum atomic E-state index is 12.5. The van der Waals surface area contributed by atoms with Crippen LogP contribution in [-0.4, -0.2) is 25.5 Å². The largest absolute Gasteiger partial charge is 0.468 e. The van der Waals surface area contributed by atoms with Gasteiger partial charge in [-0.1, -0.05) is 36.4 Å². The van der Waals surface area contributed by atoms with Crippen molar-refractivity contribution in [2.24, 2.45) is 0 Å². The van der Waals surface area contributed by atoms with Gasteiger partial charge in [-0.3, -0.25) is 9.59 Å². The third-order valence-electron chi connectivity index (χ3n) is 4.45. The maximum absolute atomic E-state index is 12.5. The minimum atomic E-state index is -0.449. The maximum Gasteiger partial charge on any atom is 0.325 e. The van der Waals surface area contributed by atoms with Crippen LogP contribution < -0.4 is 5.32 Å². The number of hydrogen-bond acceptors (Lipinski definition) is 3. The molecule has 6 rings (SSSR count). The Morgan fingerprint density at radius 2 is 1.50 bits per heavy atom. The molecule has 4 heteroatoms. The summed E-state index contributed by atoms with van der Waals surface area (Å²) < 4.78 is 4.57. The minimum absolute atomic E-state index is 0.111. The summed E-state index contributed by atoms with van der Waals surface area (Å²) in [5.41, 5.74) is 5.37. The molecule has 1 N–H and O–H groups in total. The summed E-state index contributed by atoms with van der Waals surface area (Å²) in [5.74, 6) is -0.668. The summed E-state index contributed by atoms with van der Waals surface area (Å²) >= 11 is 0. The standard InChI is InChI=1S/C20H21NO3/c1-24-19(22)13-21-20(23)18-12-16-7-6-14-2-4-15(5-3-14)8-10-17(18)11-9-16/h2-5,9,11-12H,6-8,10,13H2,1H3,(H,21,23). The molecule has 0 aliphatic heterocycles. The van der Waals surface area contributed by atoms with Crippen LogP contribution in [0.25, 0.3) is 0 Å². The van der Waals surface area contributed by atoms with Gasteiger partial charge in [0.05, 0.1) is 7.11 Å². The highest BCUT2D eigenvalue weighted by molar-refractivity contribution is 5.97. The number of rotatable bonds is 3. The van der Waals surface area contributed by atoms with Gasteiger partial charge in [-0.15, -0.1) is 0 Å². The fourth-order valence-corrected chi connectivity index (χ4v) is 2.97. The molecule has 0 atom stereocenters. The van der Waals surface area contributed by atoms with Crippen molar-refractivity contribution in [2.45, 2.75) is 25.7 Å². The van der Waals surface area contributed by atoms with E-state index in [0.29, 0.717) is 5.56 Å². The number of hydrogen-bond donors (Lipinski definition) is 1. The van der Waals surface area contributed by atoms with Crippen LogP contribution in [0.2, 0.25) is 0 Å². The van der Waals surface area contributed by atoms with E-state index in [1.807, 2.05) is 12.1 Å². The predicted molar refractivity (Wildman–Crippen MR) is 92.0 cm³/mol. The van der Waals surface area contributed by atoms with Gasteiger partial charge in [0, 0.05) is 5.56 Å². The van der Waals surface area contributed by atoms with E-state index in [9.17, 15) is 9.59 Å². The van der Waals surface area contributed by atoms with E-state index in [1.54, 1.807) is 0 Å². The van der Waals surface area contributed by atoms with Crippen molar-refractivity contribution in [3.63, 3.8) is 0 Å². The lowest BCUT2D eigenvalue weighted by atomic mass is 9.93. The molecule has 0 spiro atoms. The number of methoxy groups -OCH3 is 1. The van der Waals surface area contributed by atoms with Crippen molar-refractivity contribution in [3.05, 3.63) is 70.3 Å². The minimum Gasteiger partial charge on any atom is -0.468 e. The monoisotopic (exact) mass is 323 g/mol. The zero-order chi connectivity index (χ0) is 16.9. The normalized spacial score (nSPS) is 13.0. The molecule has 1 amide bonds. The molecule has 4 nitrogen and oxygen atoms in total. The van der Waals surface area contributed by atoms with Gasteiger partial charge in [0.2, 0.25) is 0 Å². The highest BCUT2D eigenvalue weighted by atomic mass is 16.5. The smallest absolute Gasteiger partial charge is 0.325 e. The van der Waals surface area contributed by atoms with Gasteiger partial charge in [-0.25, -0.2) is 0 Å². The summed E-state index contributed by atoms with van der Waals surface area (Å²) in [6.45, 7) is -0.111. The van der Waals surface area contributed by atoms with E-state index >= 15 is 0 Å². The number of ether oxygens (including phenoxy) is 1. The van der Waals surface area contributed by atoms with Gasteiger partial charge in [0.15, 0.2) is 0 Å². The fourth-order valence-electron chi connectivity index (χ4n) is 2.97. The molecule has 124 valence electrons. The van der Waals surface area contributed by atoms with Crippen molar-refractivity contribution in [3.8, 4) is 0 Å². The number of benzene rings is 2. The second kappa shape index (κ2) is 7.30. The SMILES string of the molecule is COC(=O)CNC(=O)c1cc2ccc1CCc1ccc(cc1)CC2. The molecule has 4 bridgehead atoms. The lowest BCUT2D eigenvalue weighted by Crippen LogP contribution is -2.31. The molecule has 4 aliphatic rings. The molecule has 0 radical (unpaired) electrons. The first-order chi connectivity index (χ1) is 11.7. The number of aryl methyl sites for hydroxylation is 4. The van der Waals surface area contributed by atoms with Crippen molar-refractivity contribution in [1.82, 2.24) is 5.32 Å². The summed E-state index contributed by atoms with van der Waals surface area (Å²) in [4.78, 5) is 23.7. The van der Waals surface area contributed by atoms with E-state index in [2.05, 4.69) is 40.4 Å². The number of amides is 1. The van der Waals surface area contributed by atoms with Gasteiger partial charge in [-0.2, -0.15) is 0 Å². The molecule has 4 aliphatic carbocycles. The summed E-state index contributed by atoms with van der Waals surface area (Å²) in [6, 6.07) is 14.8. The molecule has 2 aromatic rings. The van der Waals surface area contributed by atoms with Gasteiger partial charge < -0.3 is 10.1 Å². The Balaban J connectivity index is 1.85. The third-order valence-corrected chi connectivity index (χ3v) is 4.45. The first-order valence-electron chi connectivity index (χ1n) is 8.20. The topological polar surface area (TPSA) is 55.4 Å². The Morgan fingerprint density at radius 3 is 2.17 bits per heavy atom. The number of esters is 1. The van der Waals surface area contributed by atoms with Crippen LogP contribution in [0.3, 0.4) is 0 Å². The number of carbonyl (C=O) groups excluding carboxylic acids is 2. The summed E-state index contributed by atoms with van der Waals surface area (Å²) in [7, 11) is 1.31. The molecule has 24 heavy (non-hydrogen) atoms. The quantitative estimate of drug-likeness (QED) is 0.883. The van der Waals surface area contributed by atoms with Crippen LogP contribution in [0.5, 0.6) is 0 Å². The number of carbonyl (C=O) groups is 2. The van der Waals surface area contributed by atoms with E-state index in [-0.39, 0.29) is 12.5 Å². The van der Waals surface area contributed by atoms with Crippen molar-refractivity contribution in [2.75, 3.05) is 13.7 Å². The van der Waals surface area contributed by atoms with Crippen LogP contribution in [0, 0.1) is 0 Å². The molecular weight excluding hydrogens is 302 g/mol. The summed E-state index contributed by atoms with van der Waals surface area (Å²) in [6.07, 6.45) is 3.51. The van der Waals surface area contributed by atoms with Crippen LogP contribution in [0.1, 0.15) is 32.6 Å². The molecular formula is C20H21NO3. The van der Waals surface area contributed by atoms with Crippen molar-refractivity contribution in [1.29, 1.82) is 0 Å². The average Bonchev–Trinajstić information content (AvgIpc) is 2.61. The molecule has 0 saturated carbocycles. The highest BCUT2D eigenvalue weighted by Crippen LogP contribution is 2.19. The first kappa shape index (κ1) is 16.2. The Hall–Kier alpha value is -2.62. The lowest BCUT2D eigenvalue weighted by molar-refractivity contribution is -0.139. The van der Waals surface area contributed by atoms with Gasteiger partial charge in [0.1, 0.15) is 6.54 Å². The van der Waals surface area contributed by atoms with Crippen molar-refractivity contribution < 1.29 is 14.3 Å². The van der Waals surface area contributed by atoms with Gasteiger partial charge in [0.25, 0.3) is 5.91 Å². The second-order valence-electron chi connectivity index (χ2n) is 6.07. The molecule has 2 aromatic carbocycles. The first-order valence-corrected chi connectivity index (χ1v) is 8.20. The zero-order valence-corrected chi connectivity index (χ0v) is 13.8. The molecule has 0 saturated heterocycles. The van der Waals surface area contributed by atoms with E-state index in [1.165, 1.54) is 18.2 Å². The molecule has 0 aromatic heterocycles. The molecule has 0 heterocycles. The van der Waals surface area contributed by atoms with E-state index in [4.69, 9.17) is 0 Å². The Labute approximate surface area is 141 Å². The Kier molecular flexibility index (Phi) is 4.94. The summed E-state index contributed by atoms with van der Waals surface area (Å²) in [5, 5.41) is 2.64. The predicted octanol–water partition coefficient (Wildman–Crippen LogP) is 2.47. The fraction of sp³-hybridized carbons (Fsp3) is 0.300. The second-order valence-corrected chi connectivity index (χ2v) is 6.07. The molecule has 0 unspecified atom stereocenters. The average molecular weight is 323 g/mol. The van der Waals surface area contributed by atoms with E-state index < -0.39 is 5.97 Å². The Bertz CT molecular complexity index is 750. The van der Waals surface area contributed by atoms with Crippen LogP contribution in [0.4, 0.5) is 0 Å². The third kappa shape index (κ3) is 3.82. The zero-order valence-electron chi connectivity index (χ0n) is 13.8. The lowest BCUT2D eigenvalue weighted by Gasteiger charge is -2.14. The van der Waals surface area contributed by atoms with Crippen molar-refractivity contribution >= 4 is 11.9 Å². The van der Waals surface area contributed by atoms with Gasteiger partial charge >= 0.3 is 5.97 Å². The van der Waals surface area contributed by atoms with Crippen LogP contribution in [-0.2, 0) is 35.2 Å².